The van der Waals surface area contributed by atoms with E-state index in [9.17, 15) is 4.79 Å². The Labute approximate surface area is 124 Å². The summed E-state index contributed by atoms with van der Waals surface area (Å²) in [4.78, 5) is 13.7. The van der Waals surface area contributed by atoms with Crippen LogP contribution >= 0.6 is 27.5 Å². The maximum absolute atomic E-state index is 12.1. The number of rotatable bonds is 3. The van der Waals surface area contributed by atoms with Gasteiger partial charge in [0.25, 0.3) is 5.91 Å². The number of carbonyl (C=O) groups excluding carboxylic acids is 1. The summed E-state index contributed by atoms with van der Waals surface area (Å²) >= 11 is 9.10. The van der Waals surface area contributed by atoms with Crippen LogP contribution in [0.3, 0.4) is 0 Å². The predicted octanol–water partition coefficient (Wildman–Crippen LogP) is 3.16. The second-order valence-electron chi connectivity index (χ2n) is 3.99. The van der Waals surface area contributed by atoms with Gasteiger partial charge in [0.15, 0.2) is 10.8 Å². The highest BCUT2D eigenvalue weighted by Crippen LogP contribution is 2.18. The van der Waals surface area contributed by atoms with Crippen molar-refractivity contribution in [3.05, 3.63) is 57.3 Å². The Morgan fingerprint density at radius 2 is 2.00 bits per heavy atom. The number of aromatic nitrogens is 2. The second kappa shape index (κ2) is 6.12. The third-order valence-electron chi connectivity index (χ3n) is 2.56. The molecule has 0 aliphatic rings. The average Bonchev–Trinajstić information content (AvgIpc) is 2.41. The fraction of sp³-hybridized carbons (Fsp3) is 0.154. The van der Waals surface area contributed by atoms with Gasteiger partial charge in [-0.25, -0.2) is 0 Å². The first kappa shape index (κ1) is 14.0. The Bertz CT molecular complexity index is 589. The van der Waals surface area contributed by atoms with Gasteiger partial charge in [-0.05, 0) is 23.8 Å². The van der Waals surface area contributed by atoms with Gasteiger partial charge in [0.1, 0.15) is 0 Å². The Balaban J connectivity index is 2.12. The molecule has 1 amide bonds. The molecule has 4 nitrogen and oxygen atoms in total. The second-order valence-corrected chi connectivity index (χ2v) is 5.24. The number of hydrogen-bond donors (Lipinski definition) is 0. The maximum Gasteiger partial charge on any atom is 0.274 e. The lowest BCUT2D eigenvalue weighted by atomic mass is 10.2. The van der Waals surface area contributed by atoms with E-state index in [1.807, 2.05) is 24.3 Å². The number of nitrogens with zero attached hydrogens (tertiary/aromatic N) is 3. The van der Waals surface area contributed by atoms with Crippen LogP contribution in [-0.2, 0) is 6.54 Å². The number of halogens is 2. The van der Waals surface area contributed by atoms with Gasteiger partial charge in [-0.15, -0.1) is 10.2 Å². The first-order chi connectivity index (χ1) is 9.08. The van der Waals surface area contributed by atoms with Crippen LogP contribution in [0.25, 0.3) is 0 Å². The van der Waals surface area contributed by atoms with Gasteiger partial charge in [-0.3, -0.25) is 4.79 Å². The van der Waals surface area contributed by atoms with Crippen LogP contribution in [0.15, 0.2) is 40.9 Å². The van der Waals surface area contributed by atoms with Crippen molar-refractivity contribution in [1.82, 2.24) is 15.1 Å². The normalized spacial score (nSPS) is 10.3. The third kappa shape index (κ3) is 3.52. The molecule has 0 aliphatic heterocycles. The highest BCUT2D eigenvalue weighted by Gasteiger charge is 2.14. The van der Waals surface area contributed by atoms with Crippen molar-refractivity contribution in [3.8, 4) is 0 Å². The molecule has 0 atom stereocenters. The zero-order valence-electron chi connectivity index (χ0n) is 10.2. The van der Waals surface area contributed by atoms with E-state index in [4.69, 9.17) is 11.6 Å². The lowest BCUT2D eigenvalue weighted by molar-refractivity contribution is 0.0778. The molecule has 0 unspecified atom stereocenters. The molecule has 98 valence electrons. The van der Waals surface area contributed by atoms with Gasteiger partial charge in [0.2, 0.25) is 0 Å². The largest absolute Gasteiger partial charge is 0.336 e. The summed E-state index contributed by atoms with van der Waals surface area (Å²) in [5, 5.41) is 7.71. The maximum atomic E-state index is 12.1. The van der Waals surface area contributed by atoms with Crippen LogP contribution in [0.5, 0.6) is 0 Å². The summed E-state index contributed by atoms with van der Waals surface area (Å²) in [6.07, 6.45) is 0. The molecule has 1 aromatic carbocycles. The van der Waals surface area contributed by atoms with Crippen LogP contribution < -0.4 is 0 Å². The molecule has 6 heteroatoms. The molecular formula is C13H11BrClN3O. The molecule has 0 N–H and O–H groups in total. The van der Waals surface area contributed by atoms with Crippen LogP contribution in [0.4, 0.5) is 0 Å². The van der Waals surface area contributed by atoms with Crippen LogP contribution in [0, 0.1) is 0 Å². The van der Waals surface area contributed by atoms with Crippen molar-refractivity contribution < 1.29 is 4.79 Å². The fourth-order valence-corrected chi connectivity index (χ4v) is 2.09. The highest BCUT2D eigenvalue weighted by molar-refractivity contribution is 9.10. The van der Waals surface area contributed by atoms with E-state index in [2.05, 4.69) is 26.1 Å². The van der Waals surface area contributed by atoms with Gasteiger partial charge in [0, 0.05) is 18.1 Å². The molecule has 0 bridgehead atoms. The minimum Gasteiger partial charge on any atom is -0.336 e. The average molecular weight is 341 g/mol. The van der Waals surface area contributed by atoms with E-state index in [0.717, 1.165) is 10.0 Å². The molecule has 0 spiro atoms. The summed E-state index contributed by atoms with van der Waals surface area (Å²) in [5.41, 5.74) is 1.30. The van der Waals surface area contributed by atoms with Crippen LogP contribution in [0.1, 0.15) is 16.1 Å². The Kier molecular flexibility index (Phi) is 4.50. The van der Waals surface area contributed by atoms with Gasteiger partial charge >= 0.3 is 0 Å². The van der Waals surface area contributed by atoms with E-state index in [1.54, 1.807) is 24.1 Å². The van der Waals surface area contributed by atoms with Gasteiger partial charge in [-0.2, -0.15) is 0 Å². The molecule has 0 radical (unpaired) electrons. The summed E-state index contributed by atoms with van der Waals surface area (Å²) in [6, 6.07) is 10.9. The Hall–Kier alpha value is -1.46. The number of benzene rings is 1. The van der Waals surface area contributed by atoms with Crippen molar-refractivity contribution >= 4 is 33.4 Å². The highest BCUT2D eigenvalue weighted by atomic mass is 79.9. The smallest absolute Gasteiger partial charge is 0.274 e. The van der Waals surface area contributed by atoms with E-state index >= 15 is 0 Å². The first-order valence-corrected chi connectivity index (χ1v) is 6.73. The molecule has 2 rings (SSSR count). The molecule has 19 heavy (non-hydrogen) atoms. The molecule has 2 aromatic rings. The van der Waals surface area contributed by atoms with Crippen molar-refractivity contribution in [3.63, 3.8) is 0 Å². The number of hydrogen-bond acceptors (Lipinski definition) is 3. The number of amides is 1. The van der Waals surface area contributed by atoms with E-state index in [0.29, 0.717) is 6.54 Å². The zero-order chi connectivity index (χ0) is 13.8. The Morgan fingerprint density at radius 3 is 2.63 bits per heavy atom. The minimum absolute atomic E-state index is 0.195. The summed E-state index contributed by atoms with van der Waals surface area (Å²) < 4.78 is 0.969. The SMILES string of the molecule is CN(Cc1ccccc1Br)C(=O)c1ccc(Cl)nn1. The van der Waals surface area contributed by atoms with Crippen molar-refractivity contribution in [2.75, 3.05) is 7.05 Å². The van der Waals surface area contributed by atoms with E-state index < -0.39 is 0 Å². The standard InChI is InChI=1S/C13H11BrClN3O/c1-18(8-9-4-2-3-5-10(9)14)13(19)11-6-7-12(15)17-16-11/h2-7H,8H2,1H3. The minimum atomic E-state index is -0.195. The quantitative estimate of drug-likeness (QED) is 0.862. The Morgan fingerprint density at radius 1 is 1.26 bits per heavy atom. The topological polar surface area (TPSA) is 46.1 Å². The monoisotopic (exact) mass is 339 g/mol. The molecular weight excluding hydrogens is 330 g/mol. The fourth-order valence-electron chi connectivity index (χ4n) is 1.58. The van der Waals surface area contributed by atoms with Gasteiger partial charge < -0.3 is 4.90 Å². The van der Waals surface area contributed by atoms with Crippen molar-refractivity contribution in [2.24, 2.45) is 0 Å². The molecule has 0 saturated carbocycles. The van der Waals surface area contributed by atoms with Crippen LogP contribution in [0.2, 0.25) is 5.15 Å². The number of carbonyl (C=O) groups is 1. The van der Waals surface area contributed by atoms with Crippen molar-refractivity contribution in [2.45, 2.75) is 6.54 Å². The molecule has 1 heterocycles. The van der Waals surface area contributed by atoms with Gasteiger partial charge in [0.05, 0.1) is 0 Å². The molecule has 0 fully saturated rings. The lowest BCUT2D eigenvalue weighted by Crippen LogP contribution is -2.27. The molecule has 0 aliphatic carbocycles. The predicted molar refractivity (Wildman–Crippen MR) is 77.0 cm³/mol. The van der Waals surface area contributed by atoms with E-state index in [-0.39, 0.29) is 16.8 Å². The lowest BCUT2D eigenvalue weighted by Gasteiger charge is -2.17. The van der Waals surface area contributed by atoms with Crippen molar-refractivity contribution in [1.29, 1.82) is 0 Å². The van der Waals surface area contributed by atoms with Crippen LogP contribution in [-0.4, -0.2) is 28.1 Å². The summed E-state index contributed by atoms with van der Waals surface area (Å²) in [6.45, 7) is 0.491. The van der Waals surface area contributed by atoms with E-state index in [1.165, 1.54) is 0 Å². The summed E-state index contributed by atoms with van der Waals surface area (Å²) in [7, 11) is 1.72. The first-order valence-electron chi connectivity index (χ1n) is 5.56. The zero-order valence-corrected chi connectivity index (χ0v) is 12.5. The molecule has 1 aromatic heterocycles. The summed E-state index contributed by atoms with van der Waals surface area (Å²) in [5.74, 6) is -0.195. The molecule has 0 saturated heterocycles. The third-order valence-corrected chi connectivity index (χ3v) is 3.54. The van der Waals surface area contributed by atoms with Gasteiger partial charge in [-0.1, -0.05) is 45.7 Å².